The van der Waals surface area contributed by atoms with E-state index in [1.807, 2.05) is 18.2 Å². The summed E-state index contributed by atoms with van der Waals surface area (Å²) in [5.41, 5.74) is 7.45. The Morgan fingerprint density at radius 3 is 2.46 bits per heavy atom. The van der Waals surface area contributed by atoms with E-state index in [0.717, 1.165) is 5.56 Å². The van der Waals surface area contributed by atoms with Crippen molar-refractivity contribution < 1.29 is 13.5 Å². The molecule has 130 valence electrons. The number of hydrogen-bond donors (Lipinski definition) is 4. The Kier molecular flexibility index (Phi) is 6.60. The fourth-order valence-electron chi connectivity index (χ4n) is 2.30. The van der Waals surface area contributed by atoms with E-state index in [9.17, 15) is 8.42 Å². The quantitative estimate of drug-likeness (QED) is 0.401. The molecule has 0 amide bonds. The summed E-state index contributed by atoms with van der Waals surface area (Å²) >= 11 is 0. The van der Waals surface area contributed by atoms with Crippen molar-refractivity contribution >= 4 is 21.2 Å². The zero-order chi connectivity index (χ0) is 17.4. The molecule has 0 saturated carbocycles. The average molecular weight is 349 g/mol. The summed E-state index contributed by atoms with van der Waals surface area (Å²) in [5, 5.41) is 14.9. The van der Waals surface area contributed by atoms with Gasteiger partial charge in [0.15, 0.2) is 9.84 Å². The number of nitrogens with two attached hydrogens (primary N) is 1. The third-order valence-corrected chi connectivity index (χ3v) is 5.17. The third-order valence-electron chi connectivity index (χ3n) is 3.45. The van der Waals surface area contributed by atoms with E-state index in [1.54, 1.807) is 24.3 Å². The number of sulfone groups is 1. The van der Waals surface area contributed by atoms with Crippen LogP contribution in [0.15, 0.2) is 53.4 Å². The number of nitrogens with one attached hydrogen (secondary N) is 2. The topological polar surface area (TPSA) is 104 Å². The minimum Gasteiger partial charge on any atom is -0.399 e. The van der Waals surface area contributed by atoms with Crippen LogP contribution in [0, 0.1) is 0 Å². The van der Waals surface area contributed by atoms with E-state index in [1.165, 1.54) is 6.07 Å². The van der Waals surface area contributed by atoms with E-state index in [-0.39, 0.29) is 17.3 Å². The summed E-state index contributed by atoms with van der Waals surface area (Å²) in [6, 6.07) is 13.9. The Balaban J connectivity index is 2.16. The van der Waals surface area contributed by atoms with E-state index in [4.69, 9.17) is 10.8 Å². The molecule has 24 heavy (non-hydrogen) atoms. The molecule has 0 fully saturated rings. The smallest absolute Gasteiger partial charge is 0.184 e. The van der Waals surface area contributed by atoms with Crippen molar-refractivity contribution in [2.45, 2.75) is 10.6 Å². The molecular weight excluding hydrogens is 326 g/mol. The van der Waals surface area contributed by atoms with Crippen LogP contribution in [0.25, 0.3) is 0 Å². The normalized spacial score (nSPS) is 11.4. The lowest BCUT2D eigenvalue weighted by Gasteiger charge is -2.14. The lowest BCUT2D eigenvalue weighted by molar-refractivity contribution is 0.293. The second kappa shape index (κ2) is 8.68. The number of aliphatic hydroxyl groups is 1. The molecular formula is C17H23N3O3S. The number of aliphatic hydroxyl groups excluding tert-OH is 1. The van der Waals surface area contributed by atoms with Crippen LogP contribution in [-0.2, 0) is 15.6 Å². The van der Waals surface area contributed by atoms with Crippen LogP contribution in [0.3, 0.4) is 0 Å². The van der Waals surface area contributed by atoms with Gasteiger partial charge in [-0.25, -0.2) is 8.42 Å². The molecule has 2 rings (SSSR count). The van der Waals surface area contributed by atoms with Gasteiger partial charge in [0.25, 0.3) is 0 Å². The van der Waals surface area contributed by atoms with Crippen LogP contribution in [0.4, 0.5) is 11.4 Å². The summed E-state index contributed by atoms with van der Waals surface area (Å²) in [5.74, 6) is -0.0747. The molecule has 2 aromatic carbocycles. The van der Waals surface area contributed by atoms with E-state index in [2.05, 4.69) is 10.6 Å². The molecule has 5 N–H and O–H groups in total. The maximum atomic E-state index is 12.8. The summed E-state index contributed by atoms with van der Waals surface area (Å²) in [7, 11) is -3.52. The Bertz CT molecular complexity index is 749. The first-order chi connectivity index (χ1) is 11.5. The number of hydrogen-bond acceptors (Lipinski definition) is 6. The van der Waals surface area contributed by atoms with Crippen molar-refractivity contribution in [2.75, 3.05) is 37.3 Å². The Morgan fingerprint density at radius 2 is 1.75 bits per heavy atom. The highest BCUT2D eigenvalue weighted by Crippen LogP contribution is 2.27. The van der Waals surface area contributed by atoms with Crippen molar-refractivity contribution in [3.63, 3.8) is 0 Å². The van der Waals surface area contributed by atoms with E-state index >= 15 is 0 Å². The van der Waals surface area contributed by atoms with Crippen LogP contribution in [0.2, 0.25) is 0 Å². The lowest BCUT2D eigenvalue weighted by Crippen LogP contribution is -2.25. The van der Waals surface area contributed by atoms with Crippen LogP contribution >= 0.6 is 0 Å². The van der Waals surface area contributed by atoms with Crippen LogP contribution in [-0.4, -0.2) is 39.8 Å². The minimum atomic E-state index is -3.52. The summed E-state index contributed by atoms with van der Waals surface area (Å²) in [6.07, 6.45) is 0. The maximum Gasteiger partial charge on any atom is 0.184 e. The van der Waals surface area contributed by atoms with Crippen molar-refractivity contribution in [1.82, 2.24) is 5.32 Å². The molecule has 0 unspecified atom stereocenters. The number of anilines is 2. The van der Waals surface area contributed by atoms with Crippen molar-refractivity contribution in [1.29, 1.82) is 0 Å². The lowest BCUT2D eigenvalue weighted by atomic mass is 10.2. The minimum absolute atomic E-state index is 0.0680. The molecule has 6 nitrogen and oxygen atoms in total. The zero-order valence-electron chi connectivity index (χ0n) is 13.4. The van der Waals surface area contributed by atoms with Crippen LogP contribution < -0.4 is 16.4 Å². The van der Waals surface area contributed by atoms with Gasteiger partial charge >= 0.3 is 0 Å². The molecule has 0 heterocycles. The average Bonchev–Trinajstić information content (AvgIpc) is 2.56. The number of benzene rings is 2. The molecule has 0 spiro atoms. The van der Waals surface area contributed by atoms with Gasteiger partial charge in [0.2, 0.25) is 0 Å². The SMILES string of the molecule is Nc1ccc(NCCNCCO)c(S(=O)(=O)Cc2ccccc2)c1. The Morgan fingerprint density at radius 1 is 1.00 bits per heavy atom. The van der Waals surface area contributed by atoms with Crippen LogP contribution in [0.1, 0.15) is 5.56 Å². The van der Waals surface area contributed by atoms with Gasteiger partial charge in [-0.2, -0.15) is 0 Å². The van der Waals surface area contributed by atoms with Gasteiger partial charge in [0.1, 0.15) is 0 Å². The van der Waals surface area contributed by atoms with Gasteiger partial charge in [0.05, 0.1) is 22.9 Å². The highest BCUT2D eigenvalue weighted by atomic mass is 32.2. The maximum absolute atomic E-state index is 12.8. The summed E-state index contributed by atoms with van der Waals surface area (Å²) < 4.78 is 25.5. The fourth-order valence-corrected chi connectivity index (χ4v) is 3.88. The molecule has 0 atom stereocenters. The largest absolute Gasteiger partial charge is 0.399 e. The highest BCUT2D eigenvalue weighted by molar-refractivity contribution is 7.90. The van der Waals surface area contributed by atoms with Crippen molar-refractivity contribution in [3.05, 3.63) is 54.1 Å². The molecule has 0 radical (unpaired) electrons. The van der Waals surface area contributed by atoms with Gasteiger partial charge in [0, 0.05) is 25.3 Å². The summed E-state index contributed by atoms with van der Waals surface area (Å²) in [4.78, 5) is 0.202. The predicted molar refractivity (Wildman–Crippen MR) is 96.6 cm³/mol. The molecule has 0 aliphatic carbocycles. The van der Waals surface area contributed by atoms with E-state index in [0.29, 0.717) is 31.0 Å². The number of rotatable bonds is 9. The first-order valence-corrected chi connectivity index (χ1v) is 9.40. The second-order valence-electron chi connectivity index (χ2n) is 5.40. The first kappa shape index (κ1) is 18.3. The predicted octanol–water partition coefficient (Wildman–Crippen LogP) is 1.24. The van der Waals surface area contributed by atoms with E-state index < -0.39 is 9.84 Å². The highest BCUT2D eigenvalue weighted by Gasteiger charge is 2.19. The van der Waals surface area contributed by atoms with Crippen molar-refractivity contribution in [3.8, 4) is 0 Å². The standard InChI is InChI=1S/C17H23N3O3S/c18-15-6-7-16(20-9-8-19-10-11-21)17(12-15)24(22,23)13-14-4-2-1-3-5-14/h1-7,12,19-21H,8-11,13,18H2. The molecule has 0 aromatic heterocycles. The molecule has 0 saturated heterocycles. The Hall–Kier alpha value is -2.09. The first-order valence-electron chi connectivity index (χ1n) is 7.74. The van der Waals surface area contributed by atoms with Gasteiger partial charge in [-0.15, -0.1) is 0 Å². The van der Waals surface area contributed by atoms with Gasteiger partial charge in [-0.1, -0.05) is 30.3 Å². The van der Waals surface area contributed by atoms with Crippen molar-refractivity contribution in [2.24, 2.45) is 0 Å². The monoisotopic (exact) mass is 349 g/mol. The molecule has 0 aliphatic rings. The fraction of sp³-hybridized carbons (Fsp3) is 0.294. The van der Waals surface area contributed by atoms with Gasteiger partial charge < -0.3 is 21.5 Å². The molecule has 0 aliphatic heterocycles. The third kappa shape index (κ3) is 5.23. The van der Waals surface area contributed by atoms with Gasteiger partial charge in [-0.3, -0.25) is 0 Å². The van der Waals surface area contributed by atoms with Crippen LogP contribution in [0.5, 0.6) is 0 Å². The molecule has 0 bridgehead atoms. The number of nitrogen functional groups attached to an aromatic ring is 1. The van der Waals surface area contributed by atoms with Gasteiger partial charge in [-0.05, 0) is 23.8 Å². The second-order valence-corrected chi connectivity index (χ2v) is 7.36. The molecule has 2 aromatic rings. The molecule has 7 heteroatoms. The zero-order valence-corrected chi connectivity index (χ0v) is 14.2. The Labute approximate surface area is 142 Å². The summed E-state index contributed by atoms with van der Waals surface area (Å²) in [6.45, 7) is 1.72.